The number of ether oxygens (including phenoxy) is 1. The van der Waals surface area contributed by atoms with Crippen LogP contribution in [0.5, 0.6) is 5.88 Å². The van der Waals surface area contributed by atoms with Gasteiger partial charge in [-0.3, -0.25) is 4.79 Å². The van der Waals surface area contributed by atoms with Gasteiger partial charge in [0.2, 0.25) is 5.88 Å². The number of hydrogen-bond donors (Lipinski definition) is 3. The van der Waals surface area contributed by atoms with Crippen LogP contribution >= 0.6 is 11.6 Å². The highest BCUT2D eigenvalue weighted by Crippen LogP contribution is 2.50. The van der Waals surface area contributed by atoms with Crippen LogP contribution in [0.2, 0.25) is 5.15 Å². The quantitative estimate of drug-likeness (QED) is 0.102. The molecule has 1 aliphatic heterocycles. The Morgan fingerprint density at radius 1 is 1.06 bits per heavy atom. The van der Waals surface area contributed by atoms with Crippen molar-refractivity contribution in [3.63, 3.8) is 0 Å². The fourth-order valence-corrected chi connectivity index (χ4v) is 8.12. The van der Waals surface area contributed by atoms with Gasteiger partial charge in [0, 0.05) is 24.3 Å². The number of unbranched alkanes of at least 4 members (excludes halogenated alkanes) is 3. The van der Waals surface area contributed by atoms with Gasteiger partial charge in [-0.05, 0) is 120 Å². The number of carbonyl (C=O) groups is 1. The number of aromatic nitrogens is 4. The summed E-state index contributed by atoms with van der Waals surface area (Å²) in [5, 5.41) is 10.8. The molecule has 3 N–H and O–H groups in total. The van der Waals surface area contributed by atoms with Gasteiger partial charge in [-0.15, -0.1) is 5.10 Å². The van der Waals surface area contributed by atoms with Crippen LogP contribution in [0.4, 0.5) is 5.82 Å². The summed E-state index contributed by atoms with van der Waals surface area (Å²) in [5.74, 6) is 3.69. The van der Waals surface area contributed by atoms with E-state index in [1.165, 1.54) is 68.2 Å². The van der Waals surface area contributed by atoms with Crippen LogP contribution in [0.15, 0.2) is 47.6 Å². The van der Waals surface area contributed by atoms with E-state index in [4.69, 9.17) is 16.3 Å². The molecule has 3 aliphatic rings. The molecule has 6 rings (SSSR count). The topological polar surface area (TPSA) is 140 Å². The minimum absolute atomic E-state index is 0.0824. The lowest BCUT2D eigenvalue weighted by Gasteiger charge is -2.17. The van der Waals surface area contributed by atoms with Crippen molar-refractivity contribution in [2.75, 3.05) is 25.0 Å². The number of nitrogens with one attached hydrogen (secondary N) is 3. The Hall–Kier alpha value is -3.22. The first-order valence-corrected chi connectivity index (χ1v) is 19.3. The minimum atomic E-state index is -4.26. The SMILES string of the molecule is CC1(C)CC(CCCCCCNc2cccc(S(=O)(=O)NC(=O)c3ccc(-n4ccc(OCCC(C5CC5)C5CC5)n4)nc3Cl)n2)CN1. The van der Waals surface area contributed by atoms with Crippen molar-refractivity contribution in [3.05, 3.63) is 53.3 Å². The highest BCUT2D eigenvalue weighted by Gasteiger charge is 2.41. The molecule has 1 saturated heterocycles. The van der Waals surface area contributed by atoms with Crippen molar-refractivity contribution in [3.8, 4) is 11.7 Å². The molecular weight excluding hydrogens is 650 g/mol. The molecule has 3 aromatic rings. The molecule has 13 heteroatoms. The van der Waals surface area contributed by atoms with E-state index >= 15 is 0 Å². The van der Waals surface area contributed by atoms with Crippen molar-refractivity contribution < 1.29 is 17.9 Å². The number of halogens is 1. The van der Waals surface area contributed by atoms with Gasteiger partial charge in [-0.25, -0.2) is 19.4 Å². The van der Waals surface area contributed by atoms with Gasteiger partial charge in [0.1, 0.15) is 11.0 Å². The Morgan fingerprint density at radius 2 is 1.83 bits per heavy atom. The first-order valence-electron chi connectivity index (χ1n) is 17.4. The first kappa shape index (κ1) is 34.6. The smallest absolute Gasteiger partial charge is 0.281 e. The summed E-state index contributed by atoms with van der Waals surface area (Å²) < 4.78 is 35.6. The lowest BCUT2D eigenvalue weighted by molar-refractivity contribution is 0.0981. The van der Waals surface area contributed by atoms with E-state index in [-0.39, 0.29) is 21.3 Å². The molecule has 0 radical (unpaired) electrons. The molecule has 1 atom stereocenters. The monoisotopic (exact) mass is 697 g/mol. The normalized spacial score (nSPS) is 19.0. The number of nitrogens with zero attached hydrogens (tertiary/aromatic N) is 4. The zero-order valence-electron chi connectivity index (χ0n) is 28.0. The van der Waals surface area contributed by atoms with Crippen molar-refractivity contribution in [2.24, 2.45) is 23.7 Å². The van der Waals surface area contributed by atoms with Crippen molar-refractivity contribution in [2.45, 2.75) is 95.0 Å². The lowest BCUT2D eigenvalue weighted by atomic mass is 9.93. The molecule has 260 valence electrons. The van der Waals surface area contributed by atoms with E-state index in [1.807, 2.05) is 0 Å². The van der Waals surface area contributed by atoms with Gasteiger partial charge < -0.3 is 15.4 Å². The molecule has 4 heterocycles. The summed E-state index contributed by atoms with van der Waals surface area (Å²) in [4.78, 5) is 21.5. The average molecular weight is 698 g/mol. The highest BCUT2D eigenvalue weighted by atomic mass is 35.5. The van der Waals surface area contributed by atoms with Gasteiger partial charge >= 0.3 is 0 Å². The van der Waals surface area contributed by atoms with E-state index in [0.717, 1.165) is 49.5 Å². The second kappa shape index (κ2) is 15.1. The van der Waals surface area contributed by atoms with E-state index in [9.17, 15) is 13.2 Å². The molecule has 1 unspecified atom stereocenters. The summed E-state index contributed by atoms with van der Waals surface area (Å²) in [6, 6.07) is 9.38. The van der Waals surface area contributed by atoms with E-state index in [0.29, 0.717) is 30.7 Å². The van der Waals surface area contributed by atoms with Gasteiger partial charge in [0.15, 0.2) is 10.8 Å². The third-order valence-electron chi connectivity index (χ3n) is 9.77. The number of carbonyl (C=O) groups excluding carboxylic acids is 1. The maximum absolute atomic E-state index is 13.1. The van der Waals surface area contributed by atoms with Gasteiger partial charge in [0.25, 0.3) is 15.9 Å². The number of hydrogen-bond acceptors (Lipinski definition) is 9. The predicted molar refractivity (Wildman–Crippen MR) is 186 cm³/mol. The molecular formula is C35H48ClN7O4S. The predicted octanol–water partition coefficient (Wildman–Crippen LogP) is 6.39. The molecule has 1 amide bonds. The molecule has 0 spiro atoms. The van der Waals surface area contributed by atoms with Crippen LogP contribution in [-0.4, -0.2) is 59.3 Å². The fraction of sp³-hybridized carbons (Fsp3) is 0.600. The number of sulfonamides is 1. The van der Waals surface area contributed by atoms with Gasteiger partial charge in [0.05, 0.1) is 12.2 Å². The summed E-state index contributed by atoms with van der Waals surface area (Å²) in [5.41, 5.74) is 0.179. The second-order valence-corrected chi connectivity index (χ2v) is 16.3. The van der Waals surface area contributed by atoms with Crippen LogP contribution in [0.3, 0.4) is 0 Å². The third-order valence-corrected chi connectivity index (χ3v) is 11.3. The van der Waals surface area contributed by atoms with Crippen LogP contribution in [-0.2, 0) is 10.0 Å². The van der Waals surface area contributed by atoms with Crippen LogP contribution < -0.4 is 20.1 Å². The second-order valence-electron chi connectivity index (χ2n) is 14.3. The number of anilines is 1. The van der Waals surface area contributed by atoms with Crippen LogP contribution in [0, 0.1) is 23.7 Å². The van der Waals surface area contributed by atoms with E-state index in [1.54, 1.807) is 30.5 Å². The Kier molecular flexibility index (Phi) is 10.9. The summed E-state index contributed by atoms with van der Waals surface area (Å²) in [7, 11) is -4.26. The molecule has 3 aromatic heterocycles. The maximum Gasteiger partial charge on any atom is 0.281 e. The number of pyridine rings is 2. The summed E-state index contributed by atoms with van der Waals surface area (Å²) in [6.45, 7) is 6.95. The molecule has 3 fully saturated rings. The van der Waals surface area contributed by atoms with Crippen molar-refractivity contribution in [1.29, 1.82) is 0 Å². The third kappa shape index (κ3) is 9.47. The molecule has 0 bridgehead atoms. The van der Waals surface area contributed by atoms with E-state index in [2.05, 4.69) is 44.3 Å². The Morgan fingerprint density at radius 3 is 2.54 bits per heavy atom. The van der Waals surface area contributed by atoms with Crippen LogP contribution in [0.1, 0.15) is 94.8 Å². The summed E-state index contributed by atoms with van der Waals surface area (Å²) >= 11 is 6.35. The molecule has 2 aliphatic carbocycles. The molecule has 0 aromatic carbocycles. The van der Waals surface area contributed by atoms with Crippen molar-refractivity contribution in [1.82, 2.24) is 29.8 Å². The Bertz CT molecular complexity index is 1660. The Balaban J connectivity index is 0.950. The van der Waals surface area contributed by atoms with Crippen LogP contribution in [0.25, 0.3) is 5.82 Å². The zero-order valence-corrected chi connectivity index (χ0v) is 29.5. The minimum Gasteiger partial charge on any atom is -0.477 e. The van der Waals surface area contributed by atoms with Gasteiger partial charge in [-0.2, -0.15) is 8.42 Å². The number of amides is 1. The maximum atomic E-state index is 13.1. The Labute approximate surface area is 289 Å². The molecule has 2 saturated carbocycles. The first-order chi connectivity index (χ1) is 23.1. The molecule has 11 nitrogen and oxygen atoms in total. The van der Waals surface area contributed by atoms with Crippen molar-refractivity contribution >= 4 is 33.3 Å². The highest BCUT2D eigenvalue weighted by molar-refractivity contribution is 7.90. The number of rotatable bonds is 18. The zero-order chi connectivity index (χ0) is 33.7. The fourth-order valence-electron chi connectivity index (χ4n) is 6.95. The average Bonchev–Trinajstić information content (AvgIpc) is 3.99. The van der Waals surface area contributed by atoms with Gasteiger partial charge in [-0.1, -0.05) is 36.9 Å². The van der Waals surface area contributed by atoms with E-state index < -0.39 is 15.9 Å². The molecule has 48 heavy (non-hydrogen) atoms. The summed E-state index contributed by atoms with van der Waals surface area (Å²) in [6.07, 6.45) is 15.1. The standard InChI is InChI=1S/C35H48ClN7O4S/c1-35(2)22-24(23-38-35)8-5-3-4-6-19-37-29-9-7-10-32(39-29)48(45,46)42-34(44)28-15-16-30(40-33(28)36)43-20-17-31(41-43)47-21-18-27(25-11-12-25)26-13-14-26/h7,9-10,15-17,20,24-27,38H,3-6,8,11-14,18-19,21-23H2,1-2H3,(H,37,39)(H,42,44). The lowest BCUT2D eigenvalue weighted by Crippen LogP contribution is -2.31. The largest absolute Gasteiger partial charge is 0.477 e.